The Morgan fingerprint density at radius 1 is 1.15 bits per heavy atom. The number of benzene rings is 1. The third-order valence-corrected chi connectivity index (χ3v) is 6.97. The zero-order chi connectivity index (χ0) is 24.0. The number of aromatic nitrogens is 4. The summed E-state index contributed by atoms with van der Waals surface area (Å²) in [6.07, 6.45) is 1.87. The van der Waals surface area contributed by atoms with E-state index in [0.29, 0.717) is 36.4 Å². The second kappa shape index (κ2) is 8.98. The van der Waals surface area contributed by atoms with Crippen molar-refractivity contribution in [2.45, 2.75) is 26.9 Å². The Labute approximate surface area is 207 Å². The van der Waals surface area contributed by atoms with Gasteiger partial charge < -0.3 is 20.3 Å². The maximum Gasteiger partial charge on any atom is 0.182 e. The number of rotatable bonds is 4. The lowest BCUT2D eigenvalue weighted by Gasteiger charge is -2.24. The molecule has 0 unspecified atom stereocenters. The fourth-order valence-corrected chi connectivity index (χ4v) is 5.08. The highest BCUT2D eigenvalue weighted by molar-refractivity contribution is 7.21. The molecule has 0 bridgehead atoms. The predicted molar refractivity (Wildman–Crippen MR) is 138 cm³/mol. The van der Waals surface area contributed by atoms with E-state index in [1.165, 1.54) is 11.3 Å². The Kier molecular flexibility index (Phi) is 6.01. The fourth-order valence-electron chi connectivity index (χ4n) is 4.22. The highest BCUT2D eigenvalue weighted by atomic mass is 35.5. The predicted octanol–water partition coefficient (Wildman–Crippen LogP) is 4.46. The van der Waals surface area contributed by atoms with E-state index in [1.807, 2.05) is 38.2 Å². The van der Waals surface area contributed by atoms with Crippen molar-refractivity contribution in [2.75, 3.05) is 37.9 Å². The Morgan fingerprint density at radius 3 is 2.76 bits per heavy atom. The number of pyridine rings is 1. The van der Waals surface area contributed by atoms with Crippen LogP contribution in [0.15, 0.2) is 24.4 Å². The molecule has 0 atom stereocenters. The second-order valence-electron chi connectivity index (χ2n) is 8.75. The molecule has 4 heterocycles. The van der Waals surface area contributed by atoms with Crippen LogP contribution in [0.1, 0.15) is 22.6 Å². The van der Waals surface area contributed by atoms with Gasteiger partial charge in [0.15, 0.2) is 10.9 Å². The van der Waals surface area contributed by atoms with Crippen LogP contribution in [0.5, 0.6) is 5.75 Å². The van der Waals surface area contributed by atoms with Crippen LogP contribution in [-0.2, 0) is 13.1 Å². The van der Waals surface area contributed by atoms with Crippen molar-refractivity contribution in [1.82, 2.24) is 24.8 Å². The standard InChI is InChI=1S/C24H26ClN7OS/c1-13-7-15(16-9-18-23(27-10-16)34-24(26)29-18)8-17-11-32(5-6-33-21(13)17)22-20(25)14(2)28-19(30-22)12-31(3)4/h7-10H,5-6,11-12H2,1-4H3,(H2,26,29). The van der Waals surface area contributed by atoms with Crippen LogP contribution in [0.3, 0.4) is 0 Å². The summed E-state index contributed by atoms with van der Waals surface area (Å²) in [5.41, 5.74) is 11.6. The number of hydrogen-bond donors (Lipinski definition) is 1. The Morgan fingerprint density at radius 2 is 1.97 bits per heavy atom. The van der Waals surface area contributed by atoms with Gasteiger partial charge in [0.05, 0.1) is 18.8 Å². The Balaban J connectivity index is 1.54. The normalized spacial score (nSPS) is 13.8. The quantitative estimate of drug-likeness (QED) is 0.443. The number of nitrogens with two attached hydrogens (primary N) is 1. The van der Waals surface area contributed by atoms with Crippen LogP contribution in [0.2, 0.25) is 5.02 Å². The SMILES string of the molecule is Cc1cc(-c2cnc3sc(N)nc3c2)cc2c1OCCN(c1nc(CN(C)C)nc(C)c1Cl)C2. The first-order valence-corrected chi connectivity index (χ1v) is 12.2. The molecule has 176 valence electrons. The van der Waals surface area contributed by atoms with Crippen LogP contribution in [0, 0.1) is 13.8 Å². The summed E-state index contributed by atoms with van der Waals surface area (Å²) in [5, 5.41) is 1.10. The highest BCUT2D eigenvalue weighted by Gasteiger charge is 2.23. The summed E-state index contributed by atoms with van der Waals surface area (Å²) >= 11 is 8.08. The lowest BCUT2D eigenvalue weighted by molar-refractivity contribution is 0.329. The van der Waals surface area contributed by atoms with E-state index in [2.05, 4.69) is 38.9 Å². The lowest BCUT2D eigenvalue weighted by atomic mass is 10.00. The van der Waals surface area contributed by atoms with Gasteiger partial charge in [-0.3, -0.25) is 0 Å². The molecule has 3 aromatic heterocycles. The van der Waals surface area contributed by atoms with Gasteiger partial charge in [-0.25, -0.2) is 19.9 Å². The van der Waals surface area contributed by atoms with Crippen LogP contribution in [-0.4, -0.2) is 52.1 Å². The molecule has 0 fully saturated rings. The first kappa shape index (κ1) is 22.8. The van der Waals surface area contributed by atoms with Gasteiger partial charge in [0.25, 0.3) is 0 Å². The number of fused-ring (bicyclic) bond motifs is 2. The number of thiazole rings is 1. The molecule has 34 heavy (non-hydrogen) atoms. The third kappa shape index (κ3) is 4.38. The first-order chi connectivity index (χ1) is 16.3. The van der Waals surface area contributed by atoms with Crippen LogP contribution < -0.4 is 15.4 Å². The molecule has 0 spiro atoms. The van der Waals surface area contributed by atoms with Gasteiger partial charge in [-0.15, -0.1) is 0 Å². The van der Waals surface area contributed by atoms with Crippen molar-refractivity contribution >= 4 is 44.2 Å². The summed E-state index contributed by atoms with van der Waals surface area (Å²) in [4.78, 5) is 23.4. The largest absolute Gasteiger partial charge is 0.491 e. The molecular weight excluding hydrogens is 470 g/mol. The van der Waals surface area contributed by atoms with E-state index in [0.717, 1.165) is 55.7 Å². The summed E-state index contributed by atoms with van der Waals surface area (Å²) in [5.74, 6) is 2.40. The first-order valence-electron chi connectivity index (χ1n) is 11.0. The smallest absolute Gasteiger partial charge is 0.182 e. The van der Waals surface area contributed by atoms with Crippen LogP contribution in [0.25, 0.3) is 21.5 Å². The Bertz CT molecular complexity index is 1390. The van der Waals surface area contributed by atoms with E-state index in [4.69, 9.17) is 27.1 Å². The van der Waals surface area contributed by atoms with Crippen molar-refractivity contribution in [2.24, 2.45) is 0 Å². The molecule has 4 aromatic rings. The molecule has 8 nitrogen and oxygen atoms in total. The van der Waals surface area contributed by atoms with Gasteiger partial charge in [-0.05, 0) is 57.3 Å². The van der Waals surface area contributed by atoms with Gasteiger partial charge in [0, 0.05) is 23.9 Å². The maximum absolute atomic E-state index is 6.69. The van der Waals surface area contributed by atoms with Gasteiger partial charge in [0.1, 0.15) is 33.6 Å². The molecule has 1 aliphatic heterocycles. The number of nitrogens with zero attached hydrogens (tertiary/aromatic N) is 6. The number of aryl methyl sites for hydroxylation is 2. The molecule has 0 aliphatic carbocycles. The summed E-state index contributed by atoms with van der Waals surface area (Å²) < 4.78 is 6.18. The molecule has 0 saturated heterocycles. The minimum atomic E-state index is 0.521. The van der Waals surface area contributed by atoms with E-state index in [9.17, 15) is 0 Å². The fraction of sp³-hybridized carbons (Fsp3) is 0.333. The minimum absolute atomic E-state index is 0.521. The van der Waals surface area contributed by atoms with Gasteiger partial charge >= 0.3 is 0 Å². The van der Waals surface area contributed by atoms with Crippen molar-refractivity contribution in [3.8, 4) is 16.9 Å². The van der Waals surface area contributed by atoms with E-state index < -0.39 is 0 Å². The van der Waals surface area contributed by atoms with Crippen molar-refractivity contribution < 1.29 is 4.74 Å². The topological polar surface area (TPSA) is 93.3 Å². The molecule has 0 amide bonds. The summed E-state index contributed by atoms with van der Waals surface area (Å²) in [6, 6.07) is 6.32. The number of nitrogen functional groups attached to an aromatic ring is 1. The lowest BCUT2D eigenvalue weighted by Crippen LogP contribution is -2.27. The third-order valence-electron chi connectivity index (χ3n) is 5.72. The van der Waals surface area contributed by atoms with E-state index >= 15 is 0 Å². The van der Waals surface area contributed by atoms with Crippen molar-refractivity contribution in [1.29, 1.82) is 0 Å². The monoisotopic (exact) mass is 495 g/mol. The number of anilines is 2. The van der Waals surface area contributed by atoms with Crippen LogP contribution in [0.4, 0.5) is 10.9 Å². The average Bonchev–Trinajstić information content (AvgIpc) is 3.01. The Hall–Kier alpha value is -3.01. The van der Waals surface area contributed by atoms with Crippen LogP contribution >= 0.6 is 22.9 Å². The number of ether oxygens (including phenoxy) is 1. The minimum Gasteiger partial charge on any atom is -0.491 e. The summed E-state index contributed by atoms with van der Waals surface area (Å²) in [6.45, 7) is 6.48. The molecule has 1 aromatic carbocycles. The second-order valence-corrected chi connectivity index (χ2v) is 10.1. The molecule has 5 rings (SSSR count). The van der Waals surface area contributed by atoms with E-state index in [1.54, 1.807) is 0 Å². The molecule has 10 heteroatoms. The highest BCUT2D eigenvalue weighted by Crippen LogP contribution is 2.36. The molecular formula is C24H26ClN7OS. The maximum atomic E-state index is 6.69. The zero-order valence-corrected chi connectivity index (χ0v) is 21.2. The number of halogens is 1. The van der Waals surface area contributed by atoms with Crippen molar-refractivity contribution in [3.05, 3.63) is 52.1 Å². The molecule has 0 radical (unpaired) electrons. The van der Waals surface area contributed by atoms with Crippen molar-refractivity contribution in [3.63, 3.8) is 0 Å². The van der Waals surface area contributed by atoms with Gasteiger partial charge in [0.2, 0.25) is 0 Å². The van der Waals surface area contributed by atoms with Gasteiger partial charge in [-0.2, -0.15) is 0 Å². The number of hydrogen-bond acceptors (Lipinski definition) is 9. The molecule has 1 aliphatic rings. The van der Waals surface area contributed by atoms with Gasteiger partial charge in [-0.1, -0.05) is 22.9 Å². The van der Waals surface area contributed by atoms with E-state index in [-0.39, 0.29) is 0 Å². The molecule has 0 saturated carbocycles. The zero-order valence-electron chi connectivity index (χ0n) is 19.6. The molecule has 2 N–H and O–H groups in total. The summed E-state index contributed by atoms with van der Waals surface area (Å²) in [7, 11) is 4.00. The average molecular weight is 496 g/mol.